The van der Waals surface area contributed by atoms with Crippen LogP contribution in [-0.4, -0.2) is 28.3 Å². The molecule has 0 radical (unpaired) electrons. The molecule has 18 heavy (non-hydrogen) atoms. The third-order valence-corrected chi connectivity index (χ3v) is 3.60. The van der Waals surface area contributed by atoms with Gasteiger partial charge in [0.15, 0.2) is 0 Å². The summed E-state index contributed by atoms with van der Waals surface area (Å²) in [5.74, 6) is -0.380. The third-order valence-electron chi connectivity index (χ3n) is 3.60. The van der Waals surface area contributed by atoms with Gasteiger partial charge in [0.1, 0.15) is 5.82 Å². The Morgan fingerprint density at radius 3 is 2.89 bits per heavy atom. The van der Waals surface area contributed by atoms with E-state index >= 15 is 0 Å². The van der Waals surface area contributed by atoms with E-state index in [1.807, 2.05) is 17.8 Å². The van der Waals surface area contributed by atoms with Crippen LogP contribution in [-0.2, 0) is 13.5 Å². The third kappa shape index (κ3) is 3.04. The van der Waals surface area contributed by atoms with Gasteiger partial charge in [0.25, 0.3) is 0 Å². The Bertz CT molecular complexity index is 386. The number of imidazole rings is 1. The molecule has 2 rings (SSSR count). The average Bonchev–Trinajstić information content (AvgIpc) is 2.71. The molecule has 0 aliphatic carbocycles. The van der Waals surface area contributed by atoms with Gasteiger partial charge in [-0.25, -0.2) is 4.98 Å². The Labute approximate surface area is 104 Å². The Balaban J connectivity index is 1.96. The highest BCUT2D eigenvalue weighted by Crippen LogP contribution is 2.35. The van der Waals surface area contributed by atoms with E-state index in [2.05, 4.69) is 10.3 Å². The Morgan fingerprint density at radius 1 is 1.50 bits per heavy atom. The summed E-state index contributed by atoms with van der Waals surface area (Å²) in [6, 6.07) is -0.476. The predicted octanol–water partition coefficient (Wildman–Crippen LogP) is 2.28. The molecule has 2 unspecified atom stereocenters. The Morgan fingerprint density at radius 2 is 2.28 bits per heavy atom. The van der Waals surface area contributed by atoms with Gasteiger partial charge in [0, 0.05) is 31.9 Å². The van der Waals surface area contributed by atoms with E-state index in [1.54, 1.807) is 6.20 Å². The molecule has 6 heteroatoms. The molecule has 1 fully saturated rings. The molecular formula is C12H18F3N3. The fraction of sp³-hybridized carbons (Fsp3) is 0.750. The first-order valence-corrected chi connectivity index (χ1v) is 6.25. The number of rotatable bonds is 3. The van der Waals surface area contributed by atoms with Gasteiger partial charge in [-0.15, -0.1) is 0 Å². The van der Waals surface area contributed by atoms with E-state index in [0.29, 0.717) is 25.8 Å². The van der Waals surface area contributed by atoms with Crippen molar-refractivity contribution in [2.24, 2.45) is 13.0 Å². The van der Waals surface area contributed by atoms with Crippen LogP contribution in [0.1, 0.15) is 25.1 Å². The molecule has 1 saturated heterocycles. The number of hydrogen-bond donors (Lipinski definition) is 1. The van der Waals surface area contributed by atoms with Crippen molar-refractivity contribution in [3.05, 3.63) is 18.2 Å². The van der Waals surface area contributed by atoms with Gasteiger partial charge < -0.3 is 9.88 Å². The van der Waals surface area contributed by atoms with Crippen LogP contribution in [0.4, 0.5) is 13.2 Å². The Hall–Kier alpha value is -1.04. The summed E-state index contributed by atoms with van der Waals surface area (Å²) in [6.07, 6.45) is 1.28. The van der Waals surface area contributed by atoms with E-state index in [1.165, 1.54) is 0 Å². The van der Waals surface area contributed by atoms with Gasteiger partial charge in [-0.05, 0) is 25.8 Å². The van der Waals surface area contributed by atoms with Crippen molar-refractivity contribution in [3.63, 3.8) is 0 Å². The lowest BCUT2D eigenvalue weighted by molar-refractivity contribution is -0.188. The van der Waals surface area contributed by atoms with Crippen molar-refractivity contribution in [1.29, 1.82) is 0 Å². The summed E-state index contributed by atoms with van der Waals surface area (Å²) >= 11 is 0. The summed E-state index contributed by atoms with van der Waals surface area (Å²) in [4.78, 5) is 4.14. The first kappa shape index (κ1) is 13.4. The maximum atomic E-state index is 12.9. The van der Waals surface area contributed by atoms with Crippen LogP contribution < -0.4 is 5.32 Å². The van der Waals surface area contributed by atoms with Gasteiger partial charge in [-0.2, -0.15) is 13.2 Å². The van der Waals surface area contributed by atoms with E-state index < -0.39 is 18.1 Å². The molecule has 3 nitrogen and oxygen atoms in total. The molecule has 0 spiro atoms. The Kier molecular flexibility index (Phi) is 3.94. The molecule has 0 amide bonds. The fourth-order valence-electron chi connectivity index (χ4n) is 2.57. The minimum absolute atomic E-state index is 0.238. The van der Waals surface area contributed by atoms with Crippen LogP contribution in [0.15, 0.2) is 12.4 Å². The van der Waals surface area contributed by atoms with Gasteiger partial charge in [-0.3, -0.25) is 0 Å². The van der Waals surface area contributed by atoms with Crippen molar-refractivity contribution in [2.45, 2.75) is 37.9 Å². The minimum atomic E-state index is -4.10. The molecule has 1 aromatic rings. The summed E-state index contributed by atoms with van der Waals surface area (Å²) < 4.78 is 40.5. The van der Waals surface area contributed by atoms with Crippen LogP contribution in [0.2, 0.25) is 0 Å². The lowest BCUT2D eigenvalue weighted by Crippen LogP contribution is -2.47. The number of nitrogens with zero attached hydrogens (tertiary/aromatic N) is 2. The summed E-state index contributed by atoms with van der Waals surface area (Å²) in [5.41, 5.74) is 0. The van der Waals surface area contributed by atoms with E-state index in [0.717, 1.165) is 5.82 Å². The van der Waals surface area contributed by atoms with Gasteiger partial charge in [0.2, 0.25) is 0 Å². The van der Waals surface area contributed by atoms with Gasteiger partial charge in [-0.1, -0.05) is 0 Å². The molecule has 0 bridgehead atoms. The van der Waals surface area contributed by atoms with E-state index in [9.17, 15) is 13.2 Å². The van der Waals surface area contributed by atoms with Crippen LogP contribution in [0.25, 0.3) is 0 Å². The molecule has 2 heterocycles. The zero-order valence-electron chi connectivity index (χ0n) is 10.4. The van der Waals surface area contributed by atoms with Crippen molar-refractivity contribution in [3.8, 4) is 0 Å². The number of aryl methyl sites for hydroxylation is 2. The highest BCUT2D eigenvalue weighted by molar-refractivity contribution is 4.94. The molecule has 1 aliphatic rings. The quantitative estimate of drug-likeness (QED) is 0.904. The largest absolute Gasteiger partial charge is 0.393 e. The zero-order valence-corrected chi connectivity index (χ0v) is 10.4. The van der Waals surface area contributed by atoms with Gasteiger partial charge in [0.05, 0.1) is 5.92 Å². The number of nitrogens with one attached hydrogen (secondary N) is 1. The normalized spacial score (nSPS) is 25.3. The smallest absolute Gasteiger partial charge is 0.338 e. The monoisotopic (exact) mass is 261 g/mol. The predicted molar refractivity (Wildman–Crippen MR) is 62.1 cm³/mol. The summed E-state index contributed by atoms with van der Waals surface area (Å²) in [5, 5.41) is 3.00. The first-order chi connectivity index (χ1) is 8.48. The number of hydrogen-bond acceptors (Lipinski definition) is 2. The molecule has 1 aliphatic heterocycles. The second-order valence-electron chi connectivity index (χ2n) is 4.84. The standard InChI is InChI=1S/C12H18F3N3/c1-18-8-7-17-11(18)5-4-10-9(12(13,14)15)3-2-6-16-10/h7-10,16H,2-6H2,1H3. The summed E-state index contributed by atoms with van der Waals surface area (Å²) in [6.45, 7) is 0.678. The highest BCUT2D eigenvalue weighted by Gasteiger charge is 2.45. The van der Waals surface area contributed by atoms with Crippen LogP contribution in [0, 0.1) is 5.92 Å². The van der Waals surface area contributed by atoms with Crippen LogP contribution in [0.3, 0.4) is 0 Å². The fourth-order valence-corrected chi connectivity index (χ4v) is 2.57. The topological polar surface area (TPSA) is 29.9 Å². The molecule has 2 atom stereocenters. The first-order valence-electron chi connectivity index (χ1n) is 6.25. The lowest BCUT2D eigenvalue weighted by atomic mass is 9.87. The number of aromatic nitrogens is 2. The van der Waals surface area contributed by atoms with Crippen LogP contribution in [0.5, 0.6) is 0 Å². The van der Waals surface area contributed by atoms with Gasteiger partial charge >= 0.3 is 6.18 Å². The molecule has 1 aromatic heterocycles. The molecule has 1 N–H and O–H groups in total. The SMILES string of the molecule is Cn1ccnc1CCC1NCCCC1C(F)(F)F. The highest BCUT2D eigenvalue weighted by atomic mass is 19.4. The molecular weight excluding hydrogens is 243 g/mol. The van der Waals surface area contributed by atoms with Crippen molar-refractivity contribution < 1.29 is 13.2 Å². The van der Waals surface area contributed by atoms with Crippen molar-refractivity contribution in [1.82, 2.24) is 14.9 Å². The molecule has 0 saturated carbocycles. The number of alkyl halides is 3. The van der Waals surface area contributed by atoms with Crippen LogP contribution >= 0.6 is 0 Å². The second kappa shape index (κ2) is 5.30. The summed E-state index contributed by atoms with van der Waals surface area (Å²) in [7, 11) is 1.86. The molecule has 102 valence electrons. The minimum Gasteiger partial charge on any atom is -0.338 e. The maximum absolute atomic E-state index is 12.9. The van der Waals surface area contributed by atoms with E-state index in [-0.39, 0.29) is 6.42 Å². The van der Waals surface area contributed by atoms with Crippen molar-refractivity contribution in [2.75, 3.05) is 6.54 Å². The second-order valence-corrected chi connectivity index (χ2v) is 4.84. The molecule has 0 aromatic carbocycles. The zero-order chi connectivity index (χ0) is 13.2. The average molecular weight is 261 g/mol. The maximum Gasteiger partial charge on any atom is 0.393 e. The lowest BCUT2D eigenvalue weighted by Gasteiger charge is -2.34. The van der Waals surface area contributed by atoms with E-state index in [4.69, 9.17) is 0 Å². The number of halogens is 3. The van der Waals surface area contributed by atoms with Crippen molar-refractivity contribution >= 4 is 0 Å². The number of piperidine rings is 1.